The Morgan fingerprint density at radius 1 is 1.10 bits per heavy atom. The van der Waals surface area contributed by atoms with Gasteiger partial charge in [0.1, 0.15) is 17.3 Å². The van der Waals surface area contributed by atoms with Gasteiger partial charge in [-0.2, -0.15) is 5.10 Å². The molecule has 4 aromatic rings. The molecular formula is C23H25FN6. The van der Waals surface area contributed by atoms with Crippen LogP contribution >= 0.6 is 0 Å². The average Bonchev–Trinajstić information content (AvgIpc) is 3.16. The second-order valence-electron chi connectivity index (χ2n) is 7.29. The summed E-state index contributed by atoms with van der Waals surface area (Å²) in [5.41, 5.74) is 6.23. The maximum Gasteiger partial charge on any atom is 0.133 e. The molecule has 3 N–H and O–H groups in total. The van der Waals surface area contributed by atoms with E-state index in [1.165, 1.54) is 0 Å². The zero-order valence-corrected chi connectivity index (χ0v) is 17.6. The van der Waals surface area contributed by atoms with E-state index in [1.54, 1.807) is 12.3 Å². The van der Waals surface area contributed by atoms with Crippen LogP contribution in [0.25, 0.3) is 33.5 Å². The highest BCUT2D eigenvalue weighted by Crippen LogP contribution is 2.32. The van der Waals surface area contributed by atoms with Gasteiger partial charge >= 0.3 is 0 Å². The lowest BCUT2D eigenvalue weighted by Gasteiger charge is -2.11. The van der Waals surface area contributed by atoms with Crippen molar-refractivity contribution in [3.8, 4) is 22.6 Å². The van der Waals surface area contributed by atoms with Gasteiger partial charge in [0.05, 0.1) is 23.1 Å². The minimum absolute atomic E-state index is 0.278. The highest BCUT2D eigenvalue weighted by molar-refractivity contribution is 5.94. The molecule has 3 heterocycles. The number of benzene rings is 1. The Morgan fingerprint density at radius 3 is 2.63 bits per heavy atom. The fraction of sp³-hybridized carbons (Fsp3) is 0.261. The Morgan fingerprint density at radius 2 is 1.93 bits per heavy atom. The fourth-order valence-corrected chi connectivity index (χ4v) is 3.82. The second-order valence-corrected chi connectivity index (χ2v) is 7.29. The molecule has 0 bridgehead atoms. The summed E-state index contributed by atoms with van der Waals surface area (Å²) in [5.74, 6) is 0.558. The summed E-state index contributed by atoms with van der Waals surface area (Å²) in [6.07, 6.45) is 2.59. The van der Waals surface area contributed by atoms with Crippen molar-refractivity contribution in [1.29, 1.82) is 0 Å². The van der Waals surface area contributed by atoms with Gasteiger partial charge in [0.2, 0.25) is 0 Å². The van der Waals surface area contributed by atoms with E-state index in [0.717, 1.165) is 51.2 Å². The van der Waals surface area contributed by atoms with Gasteiger partial charge in [0.15, 0.2) is 0 Å². The van der Waals surface area contributed by atoms with Crippen molar-refractivity contribution in [2.24, 2.45) is 0 Å². The number of halogens is 1. The molecule has 0 aliphatic carbocycles. The molecule has 1 aromatic carbocycles. The molecule has 0 aliphatic heterocycles. The topological polar surface area (TPSA) is 78.5 Å². The lowest BCUT2D eigenvalue weighted by molar-refractivity contribution is 0.625. The molecule has 6 nitrogen and oxygen atoms in total. The first-order valence-electron chi connectivity index (χ1n) is 10.0. The SMILES string of the molecule is CCc1ccc(-c2n[nH]c3cnc(-c4c(C)cc(CNC)cc4F)cc23)nc1NC. The summed E-state index contributed by atoms with van der Waals surface area (Å²) in [4.78, 5) is 9.21. The second kappa shape index (κ2) is 8.20. The molecule has 4 rings (SSSR count). The summed E-state index contributed by atoms with van der Waals surface area (Å²) in [5, 5.41) is 14.5. The third-order valence-electron chi connectivity index (χ3n) is 5.27. The molecule has 0 saturated carbocycles. The number of pyridine rings is 2. The Labute approximate surface area is 175 Å². The summed E-state index contributed by atoms with van der Waals surface area (Å²) in [7, 11) is 3.71. The number of hydrogen-bond acceptors (Lipinski definition) is 5. The first-order chi connectivity index (χ1) is 14.5. The van der Waals surface area contributed by atoms with Crippen LogP contribution in [0.3, 0.4) is 0 Å². The van der Waals surface area contributed by atoms with Gasteiger partial charge in [-0.25, -0.2) is 9.37 Å². The Kier molecular flexibility index (Phi) is 5.46. The highest BCUT2D eigenvalue weighted by Gasteiger charge is 2.16. The van der Waals surface area contributed by atoms with Crippen LogP contribution < -0.4 is 10.6 Å². The standard InChI is InChI=1S/C23H25FN6/c1-5-15-6-7-18(28-23(15)26-4)22-16-10-19(27-12-20(16)29-30-22)21-13(2)8-14(11-25-3)9-17(21)24/h6-10,12,25H,5,11H2,1-4H3,(H,26,28)(H,29,30). The van der Waals surface area contributed by atoms with Crippen LogP contribution in [0.2, 0.25) is 0 Å². The summed E-state index contributed by atoms with van der Waals surface area (Å²) < 4.78 is 14.9. The van der Waals surface area contributed by atoms with Crippen LogP contribution in [0.5, 0.6) is 0 Å². The molecule has 154 valence electrons. The molecule has 3 aromatic heterocycles. The minimum atomic E-state index is -0.278. The largest absolute Gasteiger partial charge is 0.373 e. The molecular weight excluding hydrogens is 379 g/mol. The third kappa shape index (κ3) is 3.52. The Balaban J connectivity index is 1.83. The van der Waals surface area contributed by atoms with Gasteiger partial charge in [0.25, 0.3) is 0 Å². The smallest absolute Gasteiger partial charge is 0.133 e. The predicted octanol–water partition coefficient (Wildman–Crippen LogP) is 4.46. The van der Waals surface area contributed by atoms with E-state index in [2.05, 4.69) is 38.8 Å². The van der Waals surface area contributed by atoms with Crippen LogP contribution in [-0.4, -0.2) is 34.3 Å². The number of rotatable bonds is 6. The van der Waals surface area contributed by atoms with Gasteiger partial charge in [-0.1, -0.05) is 19.1 Å². The lowest BCUT2D eigenvalue weighted by atomic mass is 10.00. The van der Waals surface area contributed by atoms with Crippen molar-refractivity contribution in [3.63, 3.8) is 0 Å². The maximum atomic E-state index is 14.9. The number of fused-ring (bicyclic) bond motifs is 1. The quantitative estimate of drug-likeness (QED) is 0.442. The number of hydrogen-bond donors (Lipinski definition) is 3. The predicted molar refractivity (Wildman–Crippen MR) is 119 cm³/mol. The van der Waals surface area contributed by atoms with E-state index >= 15 is 0 Å². The van der Waals surface area contributed by atoms with Gasteiger partial charge < -0.3 is 10.6 Å². The number of nitrogens with one attached hydrogen (secondary N) is 3. The normalized spacial score (nSPS) is 11.2. The number of aromatic nitrogens is 4. The van der Waals surface area contributed by atoms with Gasteiger partial charge in [-0.15, -0.1) is 0 Å². The number of nitrogens with zero attached hydrogens (tertiary/aromatic N) is 3. The van der Waals surface area contributed by atoms with Crippen LogP contribution in [0.1, 0.15) is 23.6 Å². The molecule has 0 unspecified atom stereocenters. The van der Waals surface area contributed by atoms with Gasteiger partial charge in [-0.3, -0.25) is 10.1 Å². The zero-order valence-electron chi connectivity index (χ0n) is 17.6. The molecule has 0 saturated heterocycles. The lowest BCUT2D eigenvalue weighted by Crippen LogP contribution is -2.06. The maximum absolute atomic E-state index is 14.9. The van der Waals surface area contributed by atoms with Crippen molar-refractivity contribution < 1.29 is 4.39 Å². The van der Waals surface area contributed by atoms with Crippen molar-refractivity contribution in [3.05, 3.63) is 59.0 Å². The number of anilines is 1. The van der Waals surface area contributed by atoms with Crippen LogP contribution in [-0.2, 0) is 13.0 Å². The zero-order chi connectivity index (χ0) is 21.3. The molecule has 30 heavy (non-hydrogen) atoms. The summed E-state index contributed by atoms with van der Waals surface area (Å²) in [6.45, 7) is 4.62. The van der Waals surface area contributed by atoms with Crippen LogP contribution in [0.15, 0.2) is 36.5 Å². The molecule has 0 fully saturated rings. The minimum Gasteiger partial charge on any atom is -0.373 e. The number of aryl methyl sites for hydroxylation is 2. The van der Waals surface area contributed by atoms with E-state index in [9.17, 15) is 4.39 Å². The molecule has 0 atom stereocenters. The van der Waals surface area contributed by atoms with E-state index in [4.69, 9.17) is 4.98 Å². The first-order valence-corrected chi connectivity index (χ1v) is 10.0. The van der Waals surface area contributed by atoms with E-state index in [0.29, 0.717) is 17.8 Å². The first kappa shape index (κ1) is 20.0. The number of H-pyrrole nitrogens is 1. The molecule has 0 radical (unpaired) electrons. The third-order valence-corrected chi connectivity index (χ3v) is 5.27. The van der Waals surface area contributed by atoms with Crippen molar-refractivity contribution >= 4 is 16.7 Å². The van der Waals surface area contributed by atoms with Crippen LogP contribution in [0.4, 0.5) is 10.2 Å². The molecule has 0 amide bonds. The summed E-state index contributed by atoms with van der Waals surface area (Å²) >= 11 is 0. The van der Waals surface area contributed by atoms with Gasteiger partial charge in [-0.05, 0) is 55.3 Å². The monoisotopic (exact) mass is 404 g/mol. The Hall–Kier alpha value is -3.32. The van der Waals surface area contributed by atoms with Crippen molar-refractivity contribution in [2.45, 2.75) is 26.8 Å². The molecule has 7 heteroatoms. The number of aromatic amines is 1. The van der Waals surface area contributed by atoms with Gasteiger partial charge in [0, 0.05) is 24.5 Å². The van der Waals surface area contributed by atoms with E-state index in [1.807, 2.05) is 39.2 Å². The Bertz CT molecular complexity index is 1190. The van der Waals surface area contributed by atoms with Crippen molar-refractivity contribution in [2.75, 3.05) is 19.4 Å². The molecule has 0 spiro atoms. The van der Waals surface area contributed by atoms with Crippen LogP contribution in [0, 0.1) is 12.7 Å². The van der Waals surface area contributed by atoms with E-state index in [-0.39, 0.29) is 5.82 Å². The van der Waals surface area contributed by atoms with Crippen molar-refractivity contribution in [1.82, 2.24) is 25.5 Å². The average molecular weight is 404 g/mol. The van der Waals surface area contributed by atoms with E-state index < -0.39 is 0 Å². The highest BCUT2D eigenvalue weighted by atomic mass is 19.1. The molecule has 0 aliphatic rings. The fourth-order valence-electron chi connectivity index (χ4n) is 3.82. The summed E-state index contributed by atoms with van der Waals surface area (Å²) in [6, 6.07) is 9.45.